The van der Waals surface area contributed by atoms with E-state index < -0.39 is 12.0 Å². The molecule has 0 saturated heterocycles. The Morgan fingerprint density at radius 3 is 2.57 bits per heavy atom. The summed E-state index contributed by atoms with van der Waals surface area (Å²) in [6.07, 6.45) is 0.322. The SMILES string of the molecule is COC(=O)C(CN(CCC#N)c1ccccc1)NC(C)=O. The lowest BCUT2D eigenvalue weighted by molar-refractivity contribution is -0.144. The maximum absolute atomic E-state index is 11.8. The number of ether oxygens (including phenoxy) is 1. The number of carbonyl (C=O) groups is 2. The predicted molar refractivity (Wildman–Crippen MR) is 78.5 cm³/mol. The lowest BCUT2D eigenvalue weighted by Crippen LogP contribution is -2.48. The van der Waals surface area contributed by atoms with Crippen LogP contribution in [-0.2, 0) is 14.3 Å². The van der Waals surface area contributed by atoms with Crippen molar-refractivity contribution in [2.45, 2.75) is 19.4 Å². The van der Waals surface area contributed by atoms with Crippen molar-refractivity contribution < 1.29 is 14.3 Å². The summed E-state index contributed by atoms with van der Waals surface area (Å²) in [7, 11) is 1.28. The molecule has 6 nitrogen and oxygen atoms in total. The molecule has 1 aromatic rings. The summed E-state index contributed by atoms with van der Waals surface area (Å²) in [5, 5.41) is 11.3. The number of esters is 1. The minimum atomic E-state index is -0.772. The summed E-state index contributed by atoms with van der Waals surface area (Å²) in [5.74, 6) is -0.818. The Labute approximate surface area is 124 Å². The van der Waals surface area contributed by atoms with Gasteiger partial charge in [0.2, 0.25) is 5.91 Å². The zero-order valence-electron chi connectivity index (χ0n) is 12.2. The Morgan fingerprint density at radius 2 is 2.05 bits per heavy atom. The van der Waals surface area contributed by atoms with Gasteiger partial charge in [-0.25, -0.2) is 4.79 Å². The van der Waals surface area contributed by atoms with E-state index in [1.165, 1.54) is 14.0 Å². The minimum absolute atomic E-state index is 0.248. The van der Waals surface area contributed by atoms with Gasteiger partial charge in [-0.05, 0) is 12.1 Å². The smallest absolute Gasteiger partial charge is 0.330 e. The zero-order valence-corrected chi connectivity index (χ0v) is 12.2. The Hall–Kier alpha value is -2.55. The first-order valence-electron chi connectivity index (χ1n) is 6.60. The number of rotatable bonds is 7. The van der Waals surface area contributed by atoms with E-state index in [1.54, 1.807) is 0 Å². The molecule has 1 atom stereocenters. The lowest BCUT2D eigenvalue weighted by atomic mass is 10.2. The van der Waals surface area contributed by atoms with Crippen LogP contribution >= 0.6 is 0 Å². The van der Waals surface area contributed by atoms with Crippen molar-refractivity contribution in [3.63, 3.8) is 0 Å². The van der Waals surface area contributed by atoms with Crippen LogP contribution in [0.4, 0.5) is 5.69 Å². The summed E-state index contributed by atoms with van der Waals surface area (Å²) in [4.78, 5) is 24.9. The fourth-order valence-corrected chi connectivity index (χ4v) is 1.94. The number of hydrogen-bond donors (Lipinski definition) is 1. The van der Waals surface area contributed by atoms with Crippen LogP contribution in [0, 0.1) is 11.3 Å². The molecule has 0 spiro atoms. The molecule has 0 saturated carbocycles. The summed E-state index contributed by atoms with van der Waals surface area (Å²) < 4.78 is 4.71. The monoisotopic (exact) mass is 289 g/mol. The number of nitrogens with one attached hydrogen (secondary N) is 1. The van der Waals surface area contributed by atoms with Crippen molar-refractivity contribution in [3.05, 3.63) is 30.3 Å². The molecule has 1 rings (SSSR count). The molecule has 0 bridgehead atoms. The topological polar surface area (TPSA) is 82.4 Å². The number of anilines is 1. The van der Waals surface area contributed by atoms with Crippen molar-refractivity contribution in [3.8, 4) is 6.07 Å². The van der Waals surface area contributed by atoms with Crippen LogP contribution in [-0.4, -0.2) is 38.1 Å². The third-order valence-electron chi connectivity index (χ3n) is 2.88. The normalized spacial score (nSPS) is 11.1. The number of carbonyl (C=O) groups excluding carboxylic acids is 2. The third-order valence-corrected chi connectivity index (χ3v) is 2.88. The molecule has 1 unspecified atom stereocenters. The molecule has 112 valence electrons. The highest BCUT2D eigenvalue weighted by atomic mass is 16.5. The van der Waals surface area contributed by atoms with Crippen LogP contribution in [0.1, 0.15) is 13.3 Å². The molecule has 0 aromatic heterocycles. The molecule has 0 aliphatic carbocycles. The number of hydrogen-bond acceptors (Lipinski definition) is 5. The standard InChI is InChI=1S/C15H19N3O3/c1-12(19)17-14(15(20)21-2)11-18(10-6-9-16)13-7-4-3-5-8-13/h3-5,7-8,14H,6,10-11H2,1-2H3,(H,17,19). The second-order valence-corrected chi connectivity index (χ2v) is 4.47. The first kappa shape index (κ1) is 16.5. The molecule has 0 aliphatic heterocycles. The van der Waals surface area contributed by atoms with Gasteiger partial charge in [-0.2, -0.15) is 5.26 Å². The highest BCUT2D eigenvalue weighted by Gasteiger charge is 2.23. The molecule has 0 heterocycles. The van der Waals surface area contributed by atoms with Gasteiger partial charge in [-0.1, -0.05) is 18.2 Å². The van der Waals surface area contributed by atoms with E-state index in [0.29, 0.717) is 13.0 Å². The molecule has 0 aliphatic rings. The van der Waals surface area contributed by atoms with Gasteiger partial charge in [0.25, 0.3) is 0 Å². The number of para-hydroxylation sites is 1. The molecule has 21 heavy (non-hydrogen) atoms. The second kappa shape index (κ2) is 8.59. The lowest BCUT2D eigenvalue weighted by Gasteiger charge is -2.27. The average Bonchev–Trinajstić information content (AvgIpc) is 2.50. The van der Waals surface area contributed by atoms with Crippen molar-refractivity contribution in [1.29, 1.82) is 5.26 Å². The Morgan fingerprint density at radius 1 is 1.38 bits per heavy atom. The van der Waals surface area contributed by atoms with E-state index in [9.17, 15) is 9.59 Å². The van der Waals surface area contributed by atoms with Crippen molar-refractivity contribution in [2.75, 3.05) is 25.1 Å². The molecule has 1 amide bonds. The fourth-order valence-electron chi connectivity index (χ4n) is 1.94. The Balaban J connectivity index is 2.89. The maximum atomic E-state index is 11.8. The van der Waals surface area contributed by atoms with Gasteiger partial charge in [0.15, 0.2) is 0 Å². The van der Waals surface area contributed by atoms with Crippen molar-refractivity contribution >= 4 is 17.6 Å². The molecule has 0 fully saturated rings. The van der Waals surface area contributed by atoms with Crippen molar-refractivity contribution in [2.24, 2.45) is 0 Å². The zero-order chi connectivity index (χ0) is 15.7. The molecule has 1 aromatic carbocycles. The number of methoxy groups -OCH3 is 1. The van der Waals surface area contributed by atoms with Gasteiger partial charge in [0.05, 0.1) is 19.6 Å². The molecule has 6 heteroatoms. The summed E-state index contributed by atoms with van der Waals surface area (Å²) in [5.41, 5.74) is 0.881. The predicted octanol–water partition coefficient (Wildman–Crippen LogP) is 1.08. The summed E-state index contributed by atoms with van der Waals surface area (Å²) >= 11 is 0. The van der Waals surface area contributed by atoms with Gasteiger partial charge in [-0.3, -0.25) is 4.79 Å². The third kappa shape index (κ3) is 5.53. The van der Waals surface area contributed by atoms with Crippen LogP contribution in [0.25, 0.3) is 0 Å². The largest absolute Gasteiger partial charge is 0.467 e. The van der Waals surface area contributed by atoms with Crippen LogP contribution in [0.2, 0.25) is 0 Å². The van der Waals surface area contributed by atoms with E-state index in [4.69, 9.17) is 10.00 Å². The van der Waals surface area contributed by atoms with Gasteiger partial charge < -0.3 is 15.0 Å². The van der Waals surface area contributed by atoms with Gasteiger partial charge >= 0.3 is 5.97 Å². The Bertz CT molecular complexity index is 511. The maximum Gasteiger partial charge on any atom is 0.330 e. The van der Waals surface area contributed by atoms with E-state index in [1.807, 2.05) is 35.2 Å². The van der Waals surface area contributed by atoms with Crippen LogP contribution in [0.15, 0.2) is 30.3 Å². The average molecular weight is 289 g/mol. The van der Waals surface area contributed by atoms with Gasteiger partial charge in [0, 0.05) is 25.7 Å². The van der Waals surface area contributed by atoms with E-state index in [-0.39, 0.29) is 12.5 Å². The molecular weight excluding hydrogens is 270 g/mol. The highest BCUT2D eigenvalue weighted by molar-refractivity contribution is 5.83. The summed E-state index contributed by atoms with van der Waals surface area (Å²) in [6.45, 7) is 2.06. The van der Waals surface area contributed by atoms with E-state index in [2.05, 4.69) is 11.4 Å². The van der Waals surface area contributed by atoms with Gasteiger partial charge in [-0.15, -0.1) is 0 Å². The second-order valence-electron chi connectivity index (χ2n) is 4.47. The Kier molecular flexibility index (Phi) is 6.75. The van der Waals surface area contributed by atoms with Crippen LogP contribution in [0.3, 0.4) is 0 Å². The number of amides is 1. The van der Waals surface area contributed by atoms with E-state index >= 15 is 0 Å². The van der Waals surface area contributed by atoms with Crippen molar-refractivity contribution in [1.82, 2.24) is 5.32 Å². The van der Waals surface area contributed by atoms with Gasteiger partial charge in [0.1, 0.15) is 6.04 Å². The number of nitrogens with zero attached hydrogens (tertiary/aromatic N) is 2. The number of nitriles is 1. The molecule has 1 N–H and O–H groups in total. The summed E-state index contributed by atoms with van der Waals surface area (Å²) in [6, 6.07) is 10.7. The highest BCUT2D eigenvalue weighted by Crippen LogP contribution is 2.14. The molecular formula is C15H19N3O3. The molecule has 0 radical (unpaired) electrons. The fraction of sp³-hybridized carbons (Fsp3) is 0.400. The van der Waals surface area contributed by atoms with Crippen LogP contribution < -0.4 is 10.2 Å². The minimum Gasteiger partial charge on any atom is -0.467 e. The number of benzene rings is 1. The van der Waals surface area contributed by atoms with Crippen LogP contribution in [0.5, 0.6) is 0 Å². The quantitative estimate of drug-likeness (QED) is 0.760. The van der Waals surface area contributed by atoms with E-state index in [0.717, 1.165) is 5.69 Å². The first-order chi connectivity index (χ1) is 10.1. The first-order valence-corrected chi connectivity index (χ1v) is 6.60.